The third kappa shape index (κ3) is 2.46. The maximum absolute atomic E-state index is 12.2. The summed E-state index contributed by atoms with van der Waals surface area (Å²) >= 11 is 0. The summed E-state index contributed by atoms with van der Waals surface area (Å²) in [5.41, 5.74) is 3.68. The standard InChI is InChI=1S/C24H19N3O/c1-26-22-12-11-18(14-23(22)27(2)24(26)28)25-15-21-19-9-5-3-7-16(19)13-17-8-4-6-10-20(17)21/h3-15H,1-2H3. The lowest BCUT2D eigenvalue weighted by Crippen LogP contribution is -2.19. The third-order valence-corrected chi connectivity index (χ3v) is 5.41. The average molecular weight is 365 g/mol. The molecule has 0 aliphatic rings. The van der Waals surface area contributed by atoms with Gasteiger partial charge in [0.1, 0.15) is 0 Å². The largest absolute Gasteiger partial charge is 0.328 e. The van der Waals surface area contributed by atoms with Crippen LogP contribution < -0.4 is 5.69 Å². The van der Waals surface area contributed by atoms with E-state index in [1.807, 2.05) is 24.4 Å². The van der Waals surface area contributed by atoms with E-state index >= 15 is 0 Å². The van der Waals surface area contributed by atoms with Crippen LogP contribution in [0.5, 0.6) is 0 Å². The normalized spacial score (nSPS) is 11.9. The smallest absolute Gasteiger partial charge is 0.295 e. The molecule has 0 aliphatic heterocycles. The van der Waals surface area contributed by atoms with Gasteiger partial charge in [0.2, 0.25) is 0 Å². The highest BCUT2D eigenvalue weighted by atomic mass is 16.1. The van der Waals surface area contributed by atoms with Crippen molar-refractivity contribution in [3.63, 3.8) is 0 Å². The highest BCUT2D eigenvalue weighted by Gasteiger charge is 2.08. The van der Waals surface area contributed by atoms with Crippen molar-refractivity contribution >= 4 is 44.5 Å². The van der Waals surface area contributed by atoms with Gasteiger partial charge in [-0.05, 0) is 45.8 Å². The zero-order chi connectivity index (χ0) is 19.3. The van der Waals surface area contributed by atoms with Gasteiger partial charge in [-0.1, -0.05) is 48.5 Å². The molecule has 0 saturated heterocycles. The minimum absolute atomic E-state index is 0.0313. The molecule has 4 aromatic carbocycles. The van der Waals surface area contributed by atoms with E-state index in [2.05, 4.69) is 54.6 Å². The number of imidazole rings is 1. The quantitative estimate of drug-likeness (QED) is 0.323. The number of hydrogen-bond donors (Lipinski definition) is 0. The van der Waals surface area contributed by atoms with E-state index in [-0.39, 0.29) is 5.69 Å². The second-order valence-electron chi connectivity index (χ2n) is 7.06. The van der Waals surface area contributed by atoms with Gasteiger partial charge in [-0.2, -0.15) is 0 Å². The number of rotatable bonds is 2. The lowest BCUT2D eigenvalue weighted by molar-refractivity contribution is 0.795. The van der Waals surface area contributed by atoms with E-state index in [9.17, 15) is 4.79 Å². The molecule has 0 spiro atoms. The molecule has 0 unspecified atom stereocenters. The Balaban J connectivity index is 1.71. The van der Waals surface area contributed by atoms with Crippen molar-refractivity contribution in [3.05, 3.63) is 88.8 Å². The summed E-state index contributed by atoms with van der Waals surface area (Å²) in [6.07, 6.45) is 1.94. The SMILES string of the molecule is Cn1c(=O)n(C)c2cc(N=Cc3c4ccccc4cc4ccccc34)ccc21. The number of aromatic nitrogens is 2. The van der Waals surface area contributed by atoms with Crippen LogP contribution in [-0.2, 0) is 14.1 Å². The molecule has 0 saturated carbocycles. The van der Waals surface area contributed by atoms with Gasteiger partial charge in [0, 0.05) is 25.9 Å². The molecular weight excluding hydrogens is 346 g/mol. The van der Waals surface area contributed by atoms with Crippen molar-refractivity contribution in [2.45, 2.75) is 0 Å². The zero-order valence-electron chi connectivity index (χ0n) is 15.8. The molecular formula is C24H19N3O. The first kappa shape index (κ1) is 16.5. The fourth-order valence-electron chi connectivity index (χ4n) is 3.90. The molecule has 0 N–H and O–H groups in total. The fourth-order valence-corrected chi connectivity index (χ4v) is 3.90. The van der Waals surface area contributed by atoms with E-state index in [4.69, 9.17) is 4.99 Å². The van der Waals surface area contributed by atoms with Crippen LogP contribution in [-0.4, -0.2) is 15.3 Å². The molecule has 0 radical (unpaired) electrons. The lowest BCUT2D eigenvalue weighted by Gasteiger charge is -2.08. The van der Waals surface area contributed by atoms with Crippen molar-refractivity contribution in [1.82, 2.24) is 9.13 Å². The molecule has 4 nitrogen and oxygen atoms in total. The maximum atomic E-state index is 12.2. The Kier molecular flexibility index (Phi) is 3.66. The van der Waals surface area contributed by atoms with Gasteiger partial charge in [0.25, 0.3) is 0 Å². The van der Waals surface area contributed by atoms with E-state index < -0.39 is 0 Å². The van der Waals surface area contributed by atoms with Gasteiger partial charge in [0.15, 0.2) is 0 Å². The van der Waals surface area contributed by atoms with Gasteiger partial charge < -0.3 is 0 Å². The van der Waals surface area contributed by atoms with Crippen molar-refractivity contribution in [3.8, 4) is 0 Å². The Hall–Kier alpha value is -3.66. The van der Waals surface area contributed by atoms with Gasteiger partial charge >= 0.3 is 5.69 Å². The topological polar surface area (TPSA) is 39.3 Å². The van der Waals surface area contributed by atoms with Gasteiger partial charge in [-0.25, -0.2) is 4.79 Å². The van der Waals surface area contributed by atoms with E-state index in [0.29, 0.717) is 0 Å². The van der Waals surface area contributed by atoms with Crippen molar-refractivity contribution in [2.75, 3.05) is 0 Å². The summed E-state index contributed by atoms with van der Waals surface area (Å²) in [5, 5.41) is 4.75. The van der Waals surface area contributed by atoms with Crippen LogP contribution in [0.2, 0.25) is 0 Å². The third-order valence-electron chi connectivity index (χ3n) is 5.41. The molecule has 0 fully saturated rings. The molecule has 1 heterocycles. The van der Waals surface area contributed by atoms with Gasteiger partial charge in [0.05, 0.1) is 16.7 Å². The predicted octanol–water partition coefficient (Wildman–Crippen LogP) is 4.93. The lowest BCUT2D eigenvalue weighted by atomic mass is 9.97. The Morgan fingerprint density at radius 1 is 0.750 bits per heavy atom. The van der Waals surface area contributed by atoms with Crippen molar-refractivity contribution < 1.29 is 0 Å². The number of hydrogen-bond acceptors (Lipinski definition) is 2. The van der Waals surface area contributed by atoms with Crippen LogP contribution in [0.15, 0.2) is 82.6 Å². The highest BCUT2D eigenvalue weighted by molar-refractivity contribution is 6.13. The molecule has 5 rings (SSSR count). The van der Waals surface area contributed by atoms with Crippen molar-refractivity contribution in [2.24, 2.45) is 19.1 Å². The summed E-state index contributed by atoms with van der Waals surface area (Å²) in [6, 6.07) is 24.8. The first-order valence-corrected chi connectivity index (χ1v) is 9.23. The molecule has 1 aromatic heterocycles. The molecule has 28 heavy (non-hydrogen) atoms. The minimum Gasteiger partial charge on any atom is -0.295 e. The molecule has 4 heteroatoms. The Morgan fingerprint density at radius 3 is 2.04 bits per heavy atom. The fraction of sp³-hybridized carbons (Fsp3) is 0.0833. The van der Waals surface area contributed by atoms with Crippen LogP contribution in [0.25, 0.3) is 32.6 Å². The molecule has 0 bridgehead atoms. The Labute approximate surface area is 162 Å². The van der Waals surface area contributed by atoms with Crippen LogP contribution in [0.1, 0.15) is 5.56 Å². The Bertz CT molecular complexity index is 1400. The summed E-state index contributed by atoms with van der Waals surface area (Å²) in [6.45, 7) is 0. The monoisotopic (exact) mass is 365 g/mol. The average Bonchev–Trinajstić information content (AvgIpc) is 2.95. The van der Waals surface area contributed by atoms with Crippen LogP contribution >= 0.6 is 0 Å². The summed E-state index contributed by atoms with van der Waals surface area (Å²) in [7, 11) is 3.58. The Morgan fingerprint density at radius 2 is 1.36 bits per heavy atom. The second-order valence-corrected chi connectivity index (χ2v) is 7.06. The molecule has 0 amide bonds. The second kappa shape index (κ2) is 6.20. The first-order valence-electron chi connectivity index (χ1n) is 9.23. The maximum Gasteiger partial charge on any atom is 0.328 e. The summed E-state index contributed by atoms with van der Waals surface area (Å²) in [4.78, 5) is 16.9. The molecule has 136 valence electrons. The summed E-state index contributed by atoms with van der Waals surface area (Å²) < 4.78 is 3.31. The van der Waals surface area contributed by atoms with Crippen LogP contribution in [0.3, 0.4) is 0 Å². The zero-order valence-corrected chi connectivity index (χ0v) is 15.8. The predicted molar refractivity (Wildman–Crippen MR) is 117 cm³/mol. The van der Waals surface area contributed by atoms with E-state index in [1.54, 1.807) is 23.2 Å². The number of benzene rings is 4. The number of aliphatic imine (C=N–C) groups is 1. The van der Waals surface area contributed by atoms with Crippen molar-refractivity contribution in [1.29, 1.82) is 0 Å². The van der Waals surface area contributed by atoms with Gasteiger partial charge in [-0.15, -0.1) is 0 Å². The van der Waals surface area contributed by atoms with E-state index in [1.165, 1.54) is 21.5 Å². The minimum atomic E-state index is -0.0313. The van der Waals surface area contributed by atoms with Crippen LogP contribution in [0, 0.1) is 0 Å². The highest BCUT2D eigenvalue weighted by Crippen LogP contribution is 2.28. The summed E-state index contributed by atoms with van der Waals surface area (Å²) in [5.74, 6) is 0. The number of aryl methyl sites for hydroxylation is 2. The molecule has 0 atom stereocenters. The number of fused-ring (bicyclic) bond motifs is 3. The number of nitrogens with zero attached hydrogens (tertiary/aromatic N) is 3. The molecule has 0 aliphatic carbocycles. The first-order chi connectivity index (χ1) is 13.6. The van der Waals surface area contributed by atoms with Gasteiger partial charge in [-0.3, -0.25) is 14.1 Å². The van der Waals surface area contributed by atoms with E-state index in [0.717, 1.165) is 22.3 Å². The molecule has 5 aromatic rings. The van der Waals surface area contributed by atoms with Crippen LogP contribution in [0.4, 0.5) is 5.69 Å².